The van der Waals surface area contributed by atoms with Gasteiger partial charge in [-0.25, -0.2) is 14.6 Å². The summed E-state index contributed by atoms with van der Waals surface area (Å²) in [7, 11) is -2.26. The van der Waals surface area contributed by atoms with Gasteiger partial charge < -0.3 is 4.90 Å². The van der Waals surface area contributed by atoms with E-state index in [1.54, 1.807) is 22.8 Å². The maximum Gasteiger partial charge on any atom is 0.343 e. The van der Waals surface area contributed by atoms with Gasteiger partial charge in [0.25, 0.3) is 10.2 Å². The molecule has 11 heteroatoms. The highest BCUT2D eigenvalue weighted by Crippen LogP contribution is 2.33. The number of rotatable bonds is 8. The Morgan fingerprint density at radius 3 is 2.54 bits per heavy atom. The van der Waals surface area contributed by atoms with Gasteiger partial charge in [-0.05, 0) is 48.4 Å². The van der Waals surface area contributed by atoms with Crippen LogP contribution >= 0.6 is 0 Å². The van der Waals surface area contributed by atoms with Gasteiger partial charge in [0.2, 0.25) is 5.91 Å². The molecule has 0 bridgehead atoms. The third-order valence-corrected chi connectivity index (χ3v) is 7.62. The van der Waals surface area contributed by atoms with Crippen LogP contribution in [0.3, 0.4) is 0 Å². The van der Waals surface area contributed by atoms with E-state index in [0.29, 0.717) is 24.6 Å². The van der Waals surface area contributed by atoms with Crippen molar-refractivity contribution in [2.24, 2.45) is 11.8 Å². The van der Waals surface area contributed by atoms with Crippen molar-refractivity contribution in [2.75, 3.05) is 24.9 Å². The van der Waals surface area contributed by atoms with Gasteiger partial charge in [-0.3, -0.25) is 14.1 Å². The van der Waals surface area contributed by atoms with Crippen molar-refractivity contribution in [2.45, 2.75) is 25.8 Å². The molecule has 1 unspecified atom stereocenters. The maximum atomic E-state index is 12.5. The molecule has 1 saturated heterocycles. The first-order valence-corrected chi connectivity index (χ1v) is 13.2. The highest BCUT2D eigenvalue weighted by molar-refractivity contribution is 7.90. The fourth-order valence-corrected chi connectivity index (χ4v) is 5.06. The first kappa shape index (κ1) is 23.3. The molecule has 2 aliphatic rings. The Hall–Kier alpha value is -3.44. The SMILES string of the molecule is CNS(=O)(=O)Nc1cccc(-c2ccc(-c3n[nH]c(=O)n3CC3CCN(C(=O)C4CC4)C3)cc2)c1. The van der Waals surface area contributed by atoms with Gasteiger partial charge in [-0.1, -0.05) is 36.4 Å². The molecule has 1 atom stereocenters. The quantitative estimate of drug-likeness (QED) is 0.440. The summed E-state index contributed by atoms with van der Waals surface area (Å²) in [6.07, 6.45) is 2.87. The highest BCUT2D eigenvalue weighted by Gasteiger charge is 2.36. The average Bonchev–Trinajstić information content (AvgIpc) is 3.50. The van der Waals surface area contributed by atoms with Gasteiger partial charge in [-0.2, -0.15) is 13.5 Å². The van der Waals surface area contributed by atoms with E-state index in [1.807, 2.05) is 35.2 Å². The zero-order valence-electron chi connectivity index (χ0n) is 19.4. The van der Waals surface area contributed by atoms with Crippen molar-refractivity contribution in [1.29, 1.82) is 0 Å². The number of carbonyl (C=O) groups excluding carboxylic acids is 1. The molecule has 2 heterocycles. The second-order valence-electron chi connectivity index (χ2n) is 9.14. The fourth-order valence-electron chi connectivity index (χ4n) is 4.52. The van der Waals surface area contributed by atoms with Crippen molar-refractivity contribution >= 4 is 21.8 Å². The molecular formula is C24H28N6O4S. The Balaban J connectivity index is 1.32. The molecule has 1 saturated carbocycles. The summed E-state index contributed by atoms with van der Waals surface area (Å²) < 4.78 is 29.9. The fraction of sp³-hybridized carbons (Fsp3) is 0.375. The van der Waals surface area contributed by atoms with Gasteiger partial charge in [0.05, 0.1) is 5.69 Å². The molecule has 35 heavy (non-hydrogen) atoms. The summed E-state index contributed by atoms with van der Waals surface area (Å²) in [6, 6.07) is 14.7. The number of aromatic amines is 1. The smallest absolute Gasteiger partial charge is 0.342 e. The summed E-state index contributed by atoms with van der Waals surface area (Å²) >= 11 is 0. The standard InChI is InChI=1S/C24H28N6O4S/c1-25-35(33,34)28-21-4-2-3-20(13-21)17-5-7-18(8-6-17)22-26-27-24(32)30(22)15-16-11-12-29(14-16)23(31)19-9-10-19/h2-8,13,16,19,25,28H,9-12,14-15H2,1H3,(H,27,32). The molecule has 1 amide bonds. The number of benzene rings is 2. The molecule has 0 radical (unpaired) electrons. The molecule has 2 fully saturated rings. The van der Waals surface area contributed by atoms with Gasteiger partial charge in [0.15, 0.2) is 5.82 Å². The summed E-state index contributed by atoms with van der Waals surface area (Å²) in [5, 5.41) is 6.81. The Kier molecular flexibility index (Phi) is 6.20. The van der Waals surface area contributed by atoms with Crippen LogP contribution in [0, 0.1) is 11.8 Å². The summed E-state index contributed by atoms with van der Waals surface area (Å²) in [6.45, 7) is 1.94. The number of anilines is 1. The van der Waals surface area contributed by atoms with Crippen LogP contribution in [-0.2, 0) is 21.5 Å². The van der Waals surface area contributed by atoms with Crippen molar-refractivity contribution in [3.8, 4) is 22.5 Å². The lowest BCUT2D eigenvalue weighted by atomic mass is 10.0. The first-order valence-electron chi connectivity index (χ1n) is 11.7. The van der Waals surface area contributed by atoms with Crippen LogP contribution in [0.15, 0.2) is 53.3 Å². The number of H-pyrrole nitrogens is 1. The molecule has 3 N–H and O–H groups in total. The Labute approximate surface area is 203 Å². The van der Waals surface area contributed by atoms with E-state index in [1.165, 1.54) is 7.05 Å². The Morgan fingerprint density at radius 2 is 1.83 bits per heavy atom. The van der Waals surface area contributed by atoms with Crippen LogP contribution in [0.2, 0.25) is 0 Å². The maximum absolute atomic E-state index is 12.5. The minimum Gasteiger partial charge on any atom is -0.342 e. The Bertz CT molecular complexity index is 1390. The van der Waals surface area contributed by atoms with Gasteiger partial charge in [-0.15, -0.1) is 0 Å². The lowest BCUT2D eigenvalue weighted by Gasteiger charge is -2.16. The van der Waals surface area contributed by atoms with E-state index in [0.717, 1.165) is 42.5 Å². The number of nitrogens with one attached hydrogen (secondary N) is 3. The molecule has 1 aliphatic heterocycles. The number of nitrogens with zero attached hydrogens (tertiary/aromatic N) is 3. The molecule has 184 valence electrons. The number of aromatic nitrogens is 3. The van der Waals surface area contributed by atoms with Gasteiger partial charge >= 0.3 is 5.69 Å². The van der Waals surface area contributed by atoms with E-state index < -0.39 is 10.2 Å². The van der Waals surface area contributed by atoms with Gasteiger partial charge in [0.1, 0.15) is 0 Å². The van der Waals surface area contributed by atoms with Crippen molar-refractivity contribution in [3.63, 3.8) is 0 Å². The third-order valence-electron chi connectivity index (χ3n) is 6.58. The normalized spacial score (nSPS) is 18.1. The average molecular weight is 497 g/mol. The number of hydrogen-bond donors (Lipinski definition) is 3. The minimum absolute atomic E-state index is 0.212. The van der Waals surface area contributed by atoms with Crippen LogP contribution in [0.5, 0.6) is 0 Å². The predicted octanol–water partition coefficient (Wildman–Crippen LogP) is 2.04. The third kappa shape index (κ3) is 5.15. The predicted molar refractivity (Wildman–Crippen MR) is 133 cm³/mol. The topological polar surface area (TPSA) is 129 Å². The molecular weight excluding hydrogens is 468 g/mol. The number of hydrogen-bond acceptors (Lipinski definition) is 5. The number of likely N-dealkylation sites (tertiary alicyclic amines) is 1. The molecule has 10 nitrogen and oxygen atoms in total. The van der Waals surface area contributed by atoms with E-state index >= 15 is 0 Å². The first-order chi connectivity index (χ1) is 16.8. The second-order valence-corrected chi connectivity index (χ2v) is 10.8. The minimum atomic E-state index is -3.60. The van der Waals surface area contributed by atoms with Crippen LogP contribution in [0.4, 0.5) is 5.69 Å². The molecule has 2 aromatic carbocycles. The van der Waals surface area contributed by atoms with Crippen LogP contribution in [0.1, 0.15) is 19.3 Å². The van der Waals surface area contributed by atoms with E-state index in [9.17, 15) is 18.0 Å². The zero-order chi connectivity index (χ0) is 24.6. The van der Waals surface area contributed by atoms with Crippen molar-refractivity contribution < 1.29 is 13.2 Å². The van der Waals surface area contributed by atoms with Crippen LogP contribution in [-0.4, -0.2) is 54.1 Å². The zero-order valence-corrected chi connectivity index (χ0v) is 20.2. The Morgan fingerprint density at radius 1 is 1.09 bits per heavy atom. The van der Waals surface area contributed by atoms with Gasteiger partial charge in [0, 0.05) is 38.2 Å². The summed E-state index contributed by atoms with van der Waals surface area (Å²) in [4.78, 5) is 26.8. The van der Waals surface area contributed by atoms with Crippen LogP contribution < -0.4 is 15.1 Å². The summed E-state index contributed by atoms with van der Waals surface area (Å²) in [5.74, 6) is 1.24. The largest absolute Gasteiger partial charge is 0.343 e. The van der Waals surface area contributed by atoms with E-state index in [2.05, 4.69) is 19.6 Å². The molecule has 5 rings (SSSR count). The lowest BCUT2D eigenvalue weighted by molar-refractivity contribution is -0.131. The van der Waals surface area contributed by atoms with Crippen LogP contribution in [0.25, 0.3) is 22.5 Å². The van der Waals surface area contributed by atoms with Crippen molar-refractivity contribution in [3.05, 3.63) is 59.0 Å². The van der Waals surface area contributed by atoms with E-state index in [4.69, 9.17) is 0 Å². The molecule has 0 spiro atoms. The van der Waals surface area contributed by atoms with E-state index in [-0.39, 0.29) is 23.4 Å². The molecule has 1 aromatic heterocycles. The number of amides is 1. The lowest BCUT2D eigenvalue weighted by Crippen LogP contribution is -2.31. The highest BCUT2D eigenvalue weighted by atomic mass is 32.2. The number of carbonyl (C=O) groups is 1. The second kappa shape index (κ2) is 9.31. The molecule has 3 aromatic rings. The molecule has 1 aliphatic carbocycles. The summed E-state index contributed by atoms with van der Waals surface area (Å²) in [5.41, 5.74) is 2.73. The monoisotopic (exact) mass is 496 g/mol. The van der Waals surface area contributed by atoms with Crippen molar-refractivity contribution in [1.82, 2.24) is 24.4 Å².